The van der Waals surface area contributed by atoms with Gasteiger partial charge in [0.05, 0.1) is 43.6 Å². The van der Waals surface area contributed by atoms with Crippen LogP contribution in [-0.2, 0) is 17.8 Å². The van der Waals surface area contributed by atoms with Crippen LogP contribution in [0.5, 0.6) is 11.6 Å². The van der Waals surface area contributed by atoms with E-state index in [1.165, 1.54) is 17.2 Å². The number of pyridine rings is 2. The van der Waals surface area contributed by atoms with Crippen LogP contribution in [-0.4, -0.2) is 78.6 Å². The number of amides is 2. The number of hydrogen-bond acceptors (Lipinski definition) is 8. The Labute approximate surface area is 231 Å². The highest BCUT2D eigenvalue weighted by molar-refractivity contribution is 5.96. The molecular formula is C28H33FN6O5. The summed E-state index contributed by atoms with van der Waals surface area (Å²) < 4.78 is 28.2. The molecule has 1 saturated heterocycles. The van der Waals surface area contributed by atoms with Crippen molar-refractivity contribution in [1.29, 1.82) is 0 Å². The molecule has 1 saturated carbocycles. The van der Waals surface area contributed by atoms with Gasteiger partial charge < -0.3 is 25.2 Å². The number of aliphatic hydroxyl groups is 1. The standard InChI is InChI=1S/C28H33FN6O5/c1-28(2,38)16-35-14-18(12-33-35)17-9-22(26(30)37)27(32-11-17)40-24-7-8-34(15-23(24)29)25(36)10-19-3-4-21(13-31-19)39-20-5-6-20/h3-4,9,11-14,20,23-24,38H,5-8,10,15-16H2,1-2H3,(H2,30,37)/t23?,24-/m0/s1. The smallest absolute Gasteiger partial charge is 0.254 e. The first-order chi connectivity index (χ1) is 19.0. The molecule has 12 heteroatoms. The van der Waals surface area contributed by atoms with Gasteiger partial charge in [0.1, 0.15) is 17.4 Å². The summed E-state index contributed by atoms with van der Waals surface area (Å²) in [4.78, 5) is 35.0. The van der Waals surface area contributed by atoms with Crippen LogP contribution in [0.25, 0.3) is 11.1 Å². The molecule has 3 N–H and O–H groups in total. The van der Waals surface area contributed by atoms with Crippen LogP contribution in [0, 0.1) is 0 Å². The van der Waals surface area contributed by atoms with Crippen molar-refractivity contribution in [2.24, 2.45) is 5.73 Å². The number of aromatic nitrogens is 4. The molecule has 0 aromatic carbocycles. The molecule has 1 unspecified atom stereocenters. The Balaban J connectivity index is 1.19. The Morgan fingerprint density at radius 2 is 1.93 bits per heavy atom. The third-order valence-corrected chi connectivity index (χ3v) is 6.69. The number of halogens is 1. The number of nitrogens with two attached hydrogens (primary N) is 1. The Morgan fingerprint density at radius 1 is 1.12 bits per heavy atom. The fourth-order valence-corrected chi connectivity index (χ4v) is 4.49. The zero-order valence-corrected chi connectivity index (χ0v) is 22.5. The van der Waals surface area contributed by atoms with E-state index >= 15 is 4.39 Å². The molecule has 11 nitrogen and oxygen atoms in total. The van der Waals surface area contributed by atoms with Crippen molar-refractivity contribution in [1.82, 2.24) is 24.6 Å². The minimum Gasteiger partial charge on any atom is -0.489 e. The van der Waals surface area contributed by atoms with E-state index in [1.807, 2.05) is 0 Å². The lowest BCUT2D eigenvalue weighted by Gasteiger charge is -2.34. The first-order valence-electron chi connectivity index (χ1n) is 13.3. The Hall–Kier alpha value is -4.06. The first-order valence-corrected chi connectivity index (χ1v) is 13.3. The minimum absolute atomic E-state index is 0.0126. The van der Waals surface area contributed by atoms with Crippen LogP contribution in [0.3, 0.4) is 0 Å². The molecule has 2 fully saturated rings. The molecule has 1 aliphatic carbocycles. The molecule has 0 spiro atoms. The number of carbonyl (C=O) groups excluding carboxylic acids is 2. The maximum Gasteiger partial charge on any atom is 0.254 e. The number of likely N-dealkylation sites (tertiary alicyclic amines) is 1. The fraction of sp³-hybridized carbons (Fsp3) is 0.464. The van der Waals surface area contributed by atoms with Gasteiger partial charge in [0.15, 0.2) is 6.17 Å². The number of ether oxygens (including phenoxy) is 2. The highest BCUT2D eigenvalue weighted by atomic mass is 19.1. The summed E-state index contributed by atoms with van der Waals surface area (Å²) in [6.07, 6.45) is 6.67. The van der Waals surface area contributed by atoms with Crippen LogP contribution < -0.4 is 15.2 Å². The number of primary amides is 1. The van der Waals surface area contributed by atoms with Gasteiger partial charge in [-0.25, -0.2) is 9.37 Å². The lowest BCUT2D eigenvalue weighted by atomic mass is 10.0. The number of carbonyl (C=O) groups is 2. The summed E-state index contributed by atoms with van der Waals surface area (Å²) in [6, 6.07) is 5.07. The van der Waals surface area contributed by atoms with Gasteiger partial charge in [-0.1, -0.05) is 0 Å². The number of piperidine rings is 1. The van der Waals surface area contributed by atoms with Crippen LogP contribution >= 0.6 is 0 Å². The second-order valence-electron chi connectivity index (χ2n) is 11.0. The predicted octanol–water partition coefficient (Wildman–Crippen LogP) is 2.31. The largest absolute Gasteiger partial charge is 0.489 e. The molecule has 2 atom stereocenters. The molecule has 212 valence electrons. The molecule has 2 aliphatic rings. The molecular weight excluding hydrogens is 519 g/mol. The highest BCUT2D eigenvalue weighted by Crippen LogP contribution is 2.28. The molecule has 1 aliphatic heterocycles. The molecule has 5 rings (SSSR count). The fourth-order valence-electron chi connectivity index (χ4n) is 4.49. The number of hydrogen-bond donors (Lipinski definition) is 2. The van der Waals surface area contributed by atoms with Gasteiger partial charge >= 0.3 is 0 Å². The number of rotatable bonds is 10. The van der Waals surface area contributed by atoms with Crippen molar-refractivity contribution in [3.8, 4) is 22.8 Å². The first kappa shape index (κ1) is 27.5. The van der Waals surface area contributed by atoms with Crippen LogP contribution in [0.1, 0.15) is 49.2 Å². The molecule has 40 heavy (non-hydrogen) atoms. The monoisotopic (exact) mass is 552 g/mol. The van der Waals surface area contributed by atoms with Gasteiger partial charge in [-0.2, -0.15) is 5.10 Å². The Kier molecular flexibility index (Phi) is 7.70. The highest BCUT2D eigenvalue weighted by Gasteiger charge is 2.34. The van der Waals surface area contributed by atoms with Crippen molar-refractivity contribution in [3.63, 3.8) is 0 Å². The second-order valence-corrected chi connectivity index (χ2v) is 11.0. The van der Waals surface area contributed by atoms with E-state index < -0.39 is 23.8 Å². The van der Waals surface area contributed by atoms with Crippen LogP contribution in [0.15, 0.2) is 43.0 Å². The van der Waals surface area contributed by atoms with E-state index in [0.29, 0.717) is 22.6 Å². The molecule has 0 bridgehead atoms. The van der Waals surface area contributed by atoms with E-state index in [9.17, 15) is 14.7 Å². The maximum atomic E-state index is 15.2. The van der Waals surface area contributed by atoms with Crippen LogP contribution in [0.4, 0.5) is 4.39 Å². The second kappa shape index (κ2) is 11.2. The van der Waals surface area contributed by atoms with Gasteiger partial charge in [-0.15, -0.1) is 0 Å². The number of alkyl halides is 1. The van der Waals surface area contributed by atoms with E-state index in [-0.39, 0.29) is 55.9 Å². The van der Waals surface area contributed by atoms with Gasteiger partial charge in [0.25, 0.3) is 5.91 Å². The SMILES string of the molecule is CC(C)(O)Cn1cc(-c2cnc(O[C@H]3CCN(C(=O)Cc4ccc(OC5CC5)cn4)CC3F)c(C(N)=O)c2)cn1. The van der Waals surface area contributed by atoms with E-state index in [1.54, 1.807) is 49.3 Å². The predicted molar refractivity (Wildman–Crippen MR) is 142 cm³/mol. The van der Waals surface area contributed by atoms with Gasteiger partial charge in [-0.3, -0.25) is 19.3 Å². The third kappa shape index (κ3) is 6.92. The average Bonchev–Trinajstić information content (AvgIpc) is 3.60. The quantitative estimate of drug-likeness (QED) is 0.390. The van der Waals surface area contributed by atoms with Crippen molar-refractivity contribution in [2.45, 2.75) is 70.1 Å². The summed E-state index contributed by atoms with van der Waals surface area (Å²) in [5.41, 5.74) is 6.47. The van der Waals surface area contributed by atoms with Gasteiger partial charge in [0, 0.05) is 42.2 Å². The summed E-state index contributed by atoms with van der Waals surface area (Å²) in [5.74, 6) is -0.379. The van der Waals surface area contributed by atoms with Crippen molar-refractivity contribution in [3.05, 3.63) is 54.2 Å². The lowest BCUT2D eigenvalue weighted by Crippen LogP contribution is -2.49. The molecule has 3 aromatic heterocycles. The molecule has 2 amide bonds. The maximum absolute atomic E-state index is 15.2. The van der Waals surface area contributed by atoms with Crippen molar-refractivity contribution in [2.75, 3.05) is 13.1 Å². The minimum atomic E-state index is -1.48. The van der Waals surface area contributed by atoms with E-state index in [4.69, 9.17) is 15.2 Å². The summed E-state index contributed by atoms with van der Waals surface area (Å²) >= 11 is 0. The van der Waals surface area contributed by atoms with Crippen molar-refractivity contribution >= 4 is 11.8 Å². The Morgan fingerprint density at radius 3 is 2.58 bits per heavy atom. The third-order valence-electron chi connectivity index (χ3n) is 6.69. The van der Waals surface area contributed by atoms with E-state index in [2.05, 4.69) is 15.1 Å². The molecule has 3 aromatic rings. The zero-order chi connectivity index (χ0) is 28.4. The lowest BCUT2D eigenvalue weighted by molar-refractivity contribution is -0.134. The topological polar surface area (TPSA) is 146 Å². The Bertz CT molecular complexity index is 1370. The van der Waals surface area contributed by atoms with Gasteiger partial charge in [0.2, 0.25) is 11.8 Å². The van der Waals surface area contributed by atoms with Crippen LogP contribution in [0.2, 0.25) is 0 Å². The molecule has 4 heterocycles. The summed E-state index contributed by atoms with van der Waals surface area (Å²) in [6.45, 7) is 3.77. The zero-order valence-electron chi connectivity index (χ0n) is 22.5. The van der Waals surface area contributed by atoms with E-state index in [0.717, 1.165) is 12.8 Å². The summed E-state index contributed by atoms with van der Waals surface area (Å²) in [7, 11) is 0. The van der Waals surface area contributed by atoms with Gasteiger partial charge in [-0.05, 0) is 44.9 Å². The normalized spacial score (nSPS) is 19.4. The van der Waals surface area contributed by atoms with Crippen molar-refractivity contribution < 1.29 is 28.6 Å². The number of nitrogens with zero attached hydrogens (tertiary/aromatic N) is 5. The summed E-state index contributed by atoms with van der Waals surface area (Å²) in [5, 5.41) is 14.3. The average molecular weight is 553 g/mol. The molecule has 0 radical (unpaired) electrons.